The molecule has 30 heavy (non-hydrogen) atoms. The Morgan fingerprint density at radius 3 is 1.93 bits per heavy atom. The highest BCUT2D eigenvalue weighted by Crippen LogP contribution is 2.28. The van der Waals surface area contributed by atoms with E-state index in [1.54, 1.807) is 18.3 Å². The highest BCUT2D eigenvalue weighted by atomic mass is 16.1. The van der Waals surface area contributed by atoms with Crippen molar-refractivity contribution in [2.45, 2.75) is 0 Å². The second-order valence-electron chi connectivity index (χ2n) is 7.06. The first kappa shape index (κ1) is 17.9. The van der Waals surface area contributed by atoms with E-state index < -0.39 is 0 Å². The van der Waals surface area contributed by atoms with Gasteiger partial charge in [-0.1, -0.05) is 78.9 Å². The molecule has 0 bridgehead atoms. The first-order valence-electron chi connectivity index (χ1n) is 9.78. The first-order valence-corrected chi connectivity index (χ1v) is 9.78. The number of hydrogen-bond acceptors (Lipinski definition) is 2. The number of rotatable bonds is 4. The maximum Gasteiger partial charge on any atom is 0.273 e. The molecule has 144 valence electrons. The minimum Gasteiger partial charge on any atom is -0.289 e. The summed E-state index contributed by atoms with van der Waals surface area (Å²) in [4.78, 5) is 16.6. The van der Waals surface area contributed by atoms with Gasteiger partial charge in [-0.15, -0.1) is 0 Å². The van der Waals surface area contributed by atoms with Crippen LogP contribution < -0.4 is 5.56 Å². The van der Waals surface area contributed by atoms with Gasteiger partial charge in [0.1, 0.15) is 0 Å². The fourth-order valence-corrected chi connectivity index (χ4v) is 3.55. The molecule has 0 atom stereocenters. The Kier molecular flexibility index (Phi) is 4.58. The van der Waals surface area contributed by atoms with Gasteiger partial charge in [-0.25, -0.2) is 9.67 Å². The molecule has 4 heteroatoms. The van der Waals surface area contributed by atoms with Crippen molar-refractivity contribution in [1.82, 2.24) is 14.8 Å². The lowest BCUT2D eigenvalue weighted by molar-refractivity contribution is 0.822. The number of H-pyrrole nitrogens is 1. The average molecular weight is 389 g/mol. The van der Waals surface area contributed by atoms with E-state index in [2.05, 4.69) is 70.7 Å². The van der Waals surface area contributed by atoms with Gasteiger partial charge >= 0.3 is 0 Å². The summed E-state index contributed by atoms with van der Waals surface area (Å²) in [5.74, 6) is 0.572. The summed E-state index contributed by atoms with van der Waals surface area (Å²) < 4.78 is 1.45. The molecule has 0 saturated heterocycles. The summed E-state index contributed by atoms with van der Waals surface area (Å²) in [6.45, 7) is 0. The zero-order chi connectivity index (χ0) is 20.3. The van der Waals surface area contributed by atoms with Crippen LogP contribution in [0.15, 0.2) is 114 Å². The van der Waals surface area contributed by atoms with Crippen molar-refractivity contribution in [3.05, 3.63) is 120 Å². The summed E-state index contributed by atoms with van der Waals surface area (Å²) in [6, 6.07) is 34.2. The van der Waals surface area contributed by atoms with Gasteiger partial charge in [-0.2, -0.15) is 0 Å². The van der Waals surface area contributed by atoms with E-state index in [1.165, 1.54) is 15.8 Å². The third-order valence-corrected chi connectivity index (χ3v) is 5.10. The standard InChI is InChI=1S/C26H19N3O/c30-26-18-24(28-29(26)25-11-4-5-16-27-25)21-14-12-20(13-15-21)23-10-6-9-22(17-23)19-7-2-1-3-8-19/h1-18,28H. The van der Waals surface area contributed by atoms with Crippen molar-refractivity contribution in [3.8, 4) is 39.3 Å². The van der Waals surface area contributed by atoms with Gasteiger partial charge in [0, 0.05) is 12.3 Å². The molecule has 0 fully saturated rings. The van der Waals surface area contributed by atoms with E-state index in [0.29, 0.717) is 5.82 Å². The maximum atomic E-state index is 12.4. The molecule has 0 amide bonds. The van der Waals surface area contributed by atoms with E-state index in [4.69, 9.17) is 0 Å². The molecule has 5 rings (SSSR count). The van der Waals surface area contributed by atoms with Crippen LogP contribution in [0.3, 0.4) is 0 Å². The van der Waals surface area contributed by atoms with Gasteiger partial charge in [0.05, 0.1) is 5.69 Å². The first-order chi connectivity index (χ1) is 14.8. The Balaban J connectivity index is 1.45. The molecule has 0 aliphatic rings. The summed E-state index contributed by atoms with van der Waals surface area (Å²) in [5.41, 5.74) is 6.24. The van der Waals surface area contributed by atoms with E-state index in [-0.39, 0.29) is 5.56 Å². The Bertz CT molecular complexity index is 1330. The molecule has 0 aliphatic heterocycles. The van der Waals surface area contributed by atoms with Gasteiger partial charge in [0.15, 0.2) is 5.82 Å². The zero-order valence-electron chi connectivity index (χ0n) is 16.2. The SMILES string of the molecule is O=c1cc(-c2ccc(-c3cccc(-c4ccccc4)c3)cc2)[nH]n1-c1ccccn1. The Labute approximate surface area is 174 Å². The topological polar surface area (TPSA) is 50.7 Å². The van der Waals surface area contributed by atoms with E-state index in [1.807, 2.05) is 30.3 Å². The van der Waals surface area contributed by atoms with Crippen LogP contribution in [0, 0.1) is 0 Å². The lowest BCUT2D eigenvalue weighted by atomic mass is 9.98. The smallest absolute Gasteiger partial charge is 0.273 e. The molecule has 0 saturated carbocycles. The highest BCUT2D eigenvalue weighted by molar-refractivity contribution is 5.74. The quantitative estimate of drug-likeness (QED) is 0.437. The molecule has 2 heterocycles. The van der Waals surface area contributed by atoms with Crippen LogP contribution in [-0.4, -0.2) is 14.8 Å². The van der Waals surface area contributed by atoms with Crippen molar-refractivity contribution >= 4 is 0 Å². The lowest BCUT2D eigenvalue weighted by Crippen LogP contribution is -2.14. The molecular formula is C26H19N3O. The number of benzene rings is 3. The molecule has 0 radical (unpaired) electrons. The Morgan fingerprint density at radius 2 is 1.23 bits per heavy atom. The minimum atomic E-state index is -0.136. The van der Waals surface area contributed by atoms with Crippen LogP contribution in [0.25, 0.3) is 39.3 Å². The van der Waals surface area contributed by atoms with Gasteiger partial charge in [-0.05, 0) is 46.0 Å². The third-order valence-electron chi connectivity index (χ3n) is 5.10. The van der Waals surface area contributed by atoms with Crippen LogP contribution >= 0.6 is 0 Å². The van der Waals surface area contributed by atoms with Crippen LogP contribution in [0.2, 0.25) is 0 Å². The van der Waals surface area contributed by atoms with Gasteiger partial charge < -0.3 is 0 Å². The highest BCUT2D eigenvalue weighted by Gasteiger charge is 2.08. The van der Waals surface area contributed by atoms with Crippen LogP contribution in [0.4, 0.5) is 0 Å². The van der Waals surface area contributed by atoms with E-state index >= 15 is 0 Å². The summed E-state index contributed by atoms with van der Waals surface area (Å²) >= 11 is 0. The lowest BCUT2D eigenvalue weighted by Gasteiger charge is -2.07. The molecule has 0 spiro atoms. The van der Waals surface area contributed by atoms with Gasteiger partial charge in [-0.3, -0.25) is 9.89 Å². The number of pyridine rings is 1. The van der Waals surface area contributed by atoms with Gasteiger partial charge in [0.2, 0.25) is 0 Å². The molecule has 1 N–H and O–H groups in total. The fourth-order valence-electron chi connectivity index (χ4n) is 3.55. The average Bonchev–Trinajstić information content (AvgIpc) is 3.22. The Morgan fingerprint density at radius 1 is 0.600 bits per heavy atom. The second-order valence-corrected chi connectivity index (χ2v) is 7.06. The predicted octanol–water partition coefficient (Wildman–Crippen LogP) is 5.56. The van der Waals surface area contributed by atoms with Crippen LogP contribution in [0.5, 0.6) is 0 Å². The molecule has 5 aromatic rings. The number of nitrogens with one attached hydrogen (secondary N) is 1. The fraction of sp³-hybridized carbons (Fsp3) is 0. The Hall–Kier alpha value is -4.18. The molecule has 0 aliphatic carbocycles. The predicted molar refractivity (Wildman–Crippen MR) is 120 cm³/mol. The van der Waals surface area contributed by atoms with Crippen molar-refractivity contribution in [2.75, 3.05) is 0 Å². The summed E-state index contributed by atoms with van der Waals surface area (Å²) in [6.07, 6.45) is 1.67. The number of nitrogens with zero attached hydrogens (tertiary/aromatic N) is 2. The largest absolute Gasteiger partial charge is 0.289 e. The molecule has 4 nitrogen and oxygen atoms in total. The van der Waals surface area contributed by atoms with Crippen molar-refractivity contribution in [1.29, 1.82) is 0 Å². The second kappa shape index (κ2) is 7.68. The van der Waals surface area contributed by atoms with Crippen LogP contribution in [-0.2, 0) is 0 Å². The molecule has 3 aromatic carbocycles. The maximum absolute atomic E-state index is 12.4. The zero-order valence-corrected chi connectivity index (χ0v) is 16.2. The molecular weight excluding hydrogens is 370 g/mol. The number of aromatic nitrogens is 3. The number of aromatic amines is 1. The molecule has 0 unspecified atom stereocenters. The summed E-state index contributed by atoms with van der Waals surface area (Å²) in [5, 5.41) is 3.15. The summed E-state index contributed by atoms with van der Waals surface area (Å²) in [7, 11) is 0. The number of hydrogen-bond donors (Lipinski definition) is 1. The normalized spacial score (nSPS) is 10.8. The van der Waals surface area contributed by atoms with Crippen LogP contribution in [0.1, 0.15) is 0 Å². The third kappa shape index (κ3) is 3.47. The van der Waals surface area contributed by atoms with Crippen molar-refractivity contribution in [3.63, 3.8) is 0 Å². The monoisotopic (exact) mass is 389 g/mol. The molecule has 2 aromatic heterocycles. The van der Waals surface area contributed by atoms with Gasteiger partial charge in [0.25, 0.3) is 5.56 Å². The van der Waals surface area contributed by atoms with E-state index in [9.17, 15) is 4.79 Å². The van der Waals surface area contributed by atoms with Crippen molar-refractivity contribution < 1.29 is 0 Å². The minimum absolute atomic E-state index is 0.136. The van der Waals surface area contributed by atoms with Crippen molar-refractivity contribution in [2.24, 2.45) is 0 Å². The van der Waals surface area contributed by atoms with E-state index in [0.717, 1.165) is 22.4 Å².